The van der Waals surface area contributed by atoms with Gasteiger partial charge in [0.15, 0.2) is 5.83 Å². The Morgan fingerprint density at radius 3 is 2.95 bits per heavy atom. The lowest BCUT2D eigenvalue weighted by atomic mass is 10.4. The quantitative estimate of drug-likeness (QED) is 0.512. The van der Waals surface area contributed by atoms with Crippen LogP contribution in [-0.2, 0) is 0 Å². The van der Waals surface area contributed by atoms with Crippen molar-refractivity contribution in [1.29, 1.82) is 0 Å². The van der Waals surface area contributed by atoms with E-state index in [2.05, 4.69) is 21.7 Å². The summed E-state index contributed by atoms with van der Waals surface area (Å²) in [4.78, 5) is 7.73. The highest BCUT2D eigenvalue weighted by atomic mass is 19.1. The van der Waals surface area contributed by atoms with E-state index in [9.17, 15) is 8.78 Å². The molecule has 0 aromatic carbocycles. The van der Waals surface area contributed by atoms with Gasteiger partial charge in [-0.2, -0.15) is 5.10 Å². The molecule has 5 nitrogen and oxygen atoms in total. The average molecular weight is 263 g/mol. The Kier molecular flexibility index (Phi) is 3.37. The first-order valence-electron chi connectivity index (χ1n) is 5.33. The third kappa shape index (κ3) is 2.65. The first-order chi connectivity index (χ1) is 8.99. The smallest absolute Gasteiger partial charge is 0.163 e. The zero-order chi connectivity index (χ0) is 14.0. The zero-order valence-electron chi connectivity index (χ0n) is 10.1. The van der Waals surface area contributed by atoms with Crippen molar-refractivity contribution in [1.82, 2.24) is 14.8 Å². The molecule has 0 aliphatic heterocycles. The van der Waals surface area contributed by atoms with Gasteiger partial charge in [0.2, 0.25) is 0 Å². The van der Waals surface area contributed by atoms with Crippen LogP contribution in [-0.4, -0.2) is 20.6 Å². The van der Waals surface area contributed by atoms with E-state index in [4.69, 9.17) is 5.73 Å². The van der Waals surface area contributed by atoms with E-state index < -0.39 is 11.6 Å². The summed E-state index contributed by atoms with van der Waals surface area (Å²) in [7, 11) is 0. The molecule has 0 atom stereocenters. The number of aliphatic imine (C=N–C) groups is 1. The molecule has 2 rings (SSSR count). The van der Waals surface area contributed by atoms with E-state index >= 15 is 0 Å². The highest BCUT2D eigenvalue weighted by Crippen LogP contribution is 2.12. The Hall–Kier alpha value is -2.57. The van der Waals surface area contributed by atoms with Crippen LogP contribution < -0.4 is 5.73 Å². The van der Waals surface area contributed by atoms with Gasteiger partial charge in [-0.3, -0.25) is 0 Å². The van der Waals surface area contributed by atoms with Crippen molar-refractivity contribution < 1.29 is 8.78 Å². The molecule has 0 radical (unpaired) electrons. The molecule has 2 aromatic heterocycles. The SMILES string of the molecule is C=C(N)/C(F)=C\N=C(/C)n1ncc2ncc(F)cc21. The van der Waals surface area contributed by atoms with E-state index in [-0.39, 0.29) is 5.70 Å². The Morgan fingerprint density at radius 2 is 2.26 bits per heavy atom. The van der Waals surface area contributed by atoms with Crippen molar-refractivity contribution in [3.63, 3.8) is 0 Å². The number of nitrogens with two attached hydrogens (primary N) is 1. The number of nitrogens with zero attached hydrogens (tertiary/aromatic N) is 4. The molecule has 0 fully saturated rings. The van der Waals surface area contributed by atoms with Crippen LogP contribution in [0.2, 0.25) is 0 Å². The second kappa shape index (κ2) is 4.97. The first-order valence-corrected chi connectivity index (χ1v) is 5.33. The minimum Gasteiger partial charge on any atom is -0.397 e. The number of rotatable bonds is 2. The van der Waals surface area contributed by atoms with Gasteiger partial charge in [-0.1, -0.05) is 6.58 Å². The summed E-state index contributed by atoms with van der Waals surface area (Å²) >= 11 is 0. The Labute approximate surface area is 107 Å². The first kappa shape index (κ1) is 12.9. The molecule has 0 unspecified atom stereocenters. The molecule has 19 heavy (non-hydrogen) atoms. The minimum absolute atomic E-state index is 0.213. The van der Waals surface area contributed by atoms with Gasteiger partial charge in [0.05, 0.1) is 29.8 Å². The van der Waals surface area contributed by atoms with Crippen LogP contribution in [0, 0.1) is 5.82 Å². The molecule has 0 spiro atoms. The van der Waals surface area contributed by atoms with Crippen LogP contribution in [0.1, 0.15) is 6.92 Å². The number of allylic oxidation sites excluding steroid dienone is 1. The maximum absolute atomic E-state index is 13.1. The molecular formula is C12H11F2N5. The second-order valence-corrected chi connectivity index (χ2v) is 3.79. The highest BCUT2D eigenvalue weighted by Gasteiger charge is 2.07. The van der Waals surface area contributed by atoms with Gasteiger partial charge < -0.3 is 5.73 Å². The molecule has 7 heteroatoms. The number of hydrogen-bond donors (Lipinski definition) is 1. The minimum atomic E-state index is -0.736. The van der Waals surface area contributed by atoms with Crippen LogP contribution in [0.3, 0.4) is 0 Å². The van der Waals surface area contributed by atoms with Gasteiger partial charge in [0, 0.05) is 6.07 Å². The average Bonchev–Trinajstić information content (AvgIpc) is 2.78. The summed E-state index contributed by atoms with van der Waals surface area (Å²) in [5.41, 5.74) is 5.91. The highest BCUT2D eigenvalue weighted by molar-refractivity contribution is 5.91. The van der Waals surface area contributed by atoms with Crippen LogP contribution in [0.15, 0.2) is 47.8 Å². The molecular weight excluding hydrogens is 252 g/mol. The number of pyridine rings is 1. The Bertz CT molecular complexity index is 699. The fraction of sp³-hybridized carbons (Fsp3) is 0.0833. The fourth-order valence-electron chi connectivity index (χ4n) is 1.43. The molecule has 2 aromatic rings. The Balaban J connectivity index is 2.44. The topological polar surface area (TPSA) is 69.1 Å². The summed E-state index contributed by atoms with van der Waals surface area (Å²) < 4.78 is 27.6. The summed E-state index contributed by atoms with van der Waals surface area (Å²) in [5.74, 6) is -0.877. The monoisotopic (exact) mass is 263 g/mol. The number of aromatic nitrogens is 3. The predicted molar refractivity (Wildman–Crippen MR) is 68.5 cm³/mol. The largest absolute Gasteiger partial charge is 0.397 e. The van der Waals surface area contributed by atoms with Gasteiger partial charge in [0.1, 0.15) is 17.2 Å². The fourth-order valence-corrected chi connectivity index (χ4v) is 1.43. The van der Waals surface area contributed by atoms with Gasteiger partial charge in [-0.15, -0.1) is 0 Å². The number of hydrogen-bond acceptors (Lipinski definition) is 4. The van der Waals surface area contributed by atoms with E-state index in [1.807, 2.05) is 0 Å². The van der Waals surface area contributed by atoms with Gasteiger partial charge in [0.25, 0.3) is 0 Å². The zero-order valence-corrected chi connectivity index (χ0v) is 10.1. The standard InChI is InChI=1S/C12H11F2N5/c1-7(15)10(14)5-16-8(2)19-12-3-9(13)4-17-11(12)6-18-19/h3-6H,1,15H2,2H3/b10-5+,16-8+. The molecule has 98 valence electrons. The summed E-state index contributed by atoms with van der Waals surface area (Å²) in [6, 6.07) is 1.27. The van der Waals surface area contributed by atoms with E-state index in [0.717, 1.165) is 12.4 Å². The molecule has 2 N–H and O–H groups in total. The summed E-state index contributed by atoms with van der Waals surface area (Å²) in [6.45, 7) is 4.84. The summed E-state index contributed by atoms with van der Waals surface area (Å²) in [5, 5.41) is 4.01. The number of fused-ring (bicyclic) bond motifs is 1. The lowest BCUT2D eigenvalue weighted by molar-refractivity contribution is 0.623. The van der Waals surface area contributed by atoms with Gasteiger partial charge >= 0.3 is 0 Å². The molecule has 0 saturated heterocycles. The summed E-state index contributed by atoms with van der Waals surface area (Å²) in [6.07, 6.45) is 3.49. The van der Waals surface area contributed by atoms with Crippen molar-refractivity contribution in [2.75, 3.05) is 0 Å². The molecule has 2 heterocycles. The lowest BCUT2D eigenvalue weighted by Gasteiger charge is -2.01. The Morgan fingerprint density at radius 1 is 1.53 bits per heavy atom. The molecule has 0 amide bonds. The van der Waals surface area contributed by atoms with Gasteiger partial charge in [-0.25, -0.2) is 23.4 Å². The van der Waals surface area contributed by atoms with E-state index in [0.29, 0.717) is 16.9 Å². The van der Waals surface area contributed by atoms with Crippen LogP contribution >= 0.6 is 0 Å². The van der Waals surface area contributed by atoms with Crippen molar-refractivity contribution in [2.24, 2.45) is 10.7 Å². The van der Waals surface area contributed by atoms with Crippen LogP contribution in [0.5, 0.6) is 0 Å². The van der Waals surface area contributed by atoms with Crippen molar-refractivity contribution in [3.8, 4) is 0 Å². The van der Waals surface area contributed by atoms with E-state index in [1.54, 1.807) is 6.92 Å². The van der Waals surface area contributed by atoms with Crippen LogP contribution in [0.4, 0.5) is 8.78 Å². The number of halogens is 2. The van der Waals surface area contributed by atoms with Gasteiger partial charge in [-0.05, 0) is 6.92 Å². The third-order valence-electron chi connectivity index (χ3n) is 2.37. The van der Waals surface area contributed by atoms with Crippen LogP contribution in [0.25, 0.3) is 11.0 Å². The second-order valence-electron chi connectivity index (χ2n) is 3.79. The molecule has 0 aliphatic rings. The maximum atomic E-state index is 13.1. The van der Waals surface area contributed by atoms with Crippen molar-refractivity contribution in [3.05, 3.63) is 48.6 Å². The molecule has 0 bridgehead atoms. The predicted octanol–water partition coefficient (Wildman–Crippen LogP) is 2.12. The molecule has 0 saturated carbocycles. The van der Waals surface area contributed by atoms with E-state index in [1.165, 1.54) is 16.9 Å². The maximum Gasteiger partial charge on any atom is 0.163 e. The third-order valence-corrected chi connectivity index (χ3v) is 2.37. The van der Waals surface area contributed by atoms with Crippen molar-refractivity contribution in [2.45, 2.75) is 6.92 Å². The van der Waals surface area contributed by atoms with Crippen molar-refractivity contribution >= 4 is 16.9 Å². The normalized spacial score (nSPS) is 13.0. The molecule has 0 aliphatic carbocycles. The lowest BCUT2D eigenvalue weighted by Crippen LogP contribution is -2.08.